The number of hydrogen-bond acceptors (Lipinski definition) is 2. The fourth-order valence-corrected chi connectivity index (χ4v) is 3.01. The van der Waals surface area contributed by atoms with E-state index in [1.807, 2.05) is 0 Å². The lowest BCUT2D eigenvalue weighted by Gasteiger charge is -2.32. The third kappa shape index (κ3) is 2.92. The van der Waals surface area contributed by atoms with E-state index in [-0.39, 0.29) is 5.56 Å². The summed E-state index contributed by atoms with van der Waals surface area (Å²) >= 11 is 3.26. The third-order valence-corrected chi connectivity index (χ3v) is 4.22. The lowest BCUT2D eigenvalue weighted by atomic mass is 9.84. The fourth-order valence-electron chi connectivity index (χ4n) is 2.63. The molecule has 1 aromatic carbocycles. The first-order valence-electron chi connectivity index (χ1n) is 6.38. The highest BCUT2D eigenvalue weighted by Crippen LogP contribution is 2.38. The number of aliphatic hydroxyl groups is 2. The van der Waals surface area contributed by atoms with Crippen molar-refractivity contribution in [2.24, 2.45) is 0 Å². The average Bonchev–Trinajstić information content (AvgIpc) is 2.57. The van der Waals surface area contributed by atoms with Crippen molar-refractivity contribution in [1.82, 2.24) is 0 Å². The van der Waals surface area contributed by atoms with Crippen LogP contribution in [0.3, 0.4) is 0 Å². The lowest BCUT2D eigenvalue weighted by Crippen LogP contribution is -2.36. The maximum Gasteiger partial charge on any atom is 0.129 e. The molecule has 1 fully saturated rings. The van der Waals surface area contributed by atoms with Crippen LogP contribution in [0.4, 0.5) is 4.39 Å². The Kier molecular flexibility index (Phi) is 4.41. The van der Waals surface area contributed by atoms with E-state index in [1.54, 1.807) is 12.1 Å². The molecule has 2 nitrogen and oxygen atoms in total. The molecule has 2 N–H and O–H groups in total. The molecule has 0 radical (unpaired) electrons. The van der Waals surface area contributed by atoms with Crippen molar-refractivity contribution >= 4 is 15.9 Å². The molecule has 0 aromatic heterocycles. The number of benzene rings is 1. The van der Waals surface area contributed by atoms with Crippen molar-refractivity contribution in [1.29, 1.82) is 0 Å². The summed E-state index contributed by atoms with van der Waals surface area (Å²) < 4.78 is 14.5. The van der Waals surface area contributed by atoms with Gasteiger partial charge in [0, 0.05) is 10.0 Å². The first-order chi connectivity index (χ1) is 8.53. The highest BCUT2D eigenvalue weighted by Gasteiger charge is 2.38. The van der Waals surface area contributed by atoms with Gasteiger partial charge in [0.25, 0.3) is 0 Å². The monoisotopic (exact) mass is 316 g/mol. The predicted octanol–water partition coefficient (Wildman–Crippen LogP) is 3.71. The summed E-state index contributed by atoms with van der Waals surface area (Å²) in [4.78, 5) is 0. The van der Waals surface area contributed by atoms with Gasteiger partial charge in [-0.1, -0.05) is 41.6 Å². The summed E-state index contributed by atoms with van der Waals surface area (Å²) in [5, 5.41) is 20.9. The first-order valence-corrected chi connectivity index (χ1v) is 7.18. The summed E-state index contributed by atoms with van der Waals surface area (Å²) in [5.41, 5.74) is -1.02. The SMILES string of the molecule is OC(c1cc(Br)ccc1F)C1(O)CCCCCC1. The Hall–Kier alpha value is -0.450. The zero-order chi connectivity index (χ0) is 13.2. The van der Waals surface area contributed by atoms with Crippen molar-refractivity contribution in [3.8, 4) is 0 Å². The van der Waals surface area contributed by atoms with Crippen molar-refractivity contribution in [2.75, 3.05) is 0 Å². The summed E-state index contributed by atoms with van der Waals surface area (Å²) in [7, 11) is 0. The maximum atomic E-state index is 13.8. The van der Waals surface area contributed by atoms with Crippen LogP contribution in [-0.2, 0) is 0 Å². The second-order valence-corrected chi connectivity index (χ2v) is 6.00. The van der Waals surface area contributed by atoms with Gasteiger partial charge in [-0.15, -0.1) is 0 Å². The van der Waals surface area contributed by atoms with Gasteiger partial charge in [0.2, 0.25) is 0 Å². The summed E-state index contributed by atoms with van der Waals surface area (Å²) in [6.45, 7) is 0. The van der Waals surface area contributed by atoms with E-state index >= 15 is 0 Å². The fraction of sp³-hybridized carbons (Fsp3) is 0.571. The quantitative estimate of drug-likeness (QED) is 0.817. The second kappa shape index (κ2) is 5.68. The molecule has 2 rings (SSSR count). The van der Waals surface area contributed by atoms with E-state index in [0.29, 0.717) is 17.3 Å². The second-order valence-electron chi connectivity index (χ2n) is 5.09. The molecule has 0 saturated heterocycles. The Morgan fingerprint density at radius 3 is 2.39 bits per heavy atom. The highest BCUT2D eigenvalue weighted by molar-refractivity contribution is 9.10. The summed E-state index contributed by atoms with van der Waals surface area (Å²) in [5.74, 6) is -0.469. The minimum Gasteiger partial charge on any atom is -0.387 e. The van der Waals surface area contributed by atoms with Crippen LogP contribution in [0.1, 0.15) is 50.2 Å². The molecule has 1 unspecified atom stereocenters. The highest BCUT2D eigenvalue weighted by atomic mass is 79.9. The molecule has 18 heavy (non-hydrogen) atoms. The van der Waals surface area contributed by atoms with Gasteiger partial charge in [0.05, 0.1) is 5.60 Å². The molecule has 1 atom stereocenters. The molecule has 1 aliphatic carbocycles. The van der Waals surface area contributed by atoms with Crippen molar-refractivity contribution in [3.63, 3.8) is 0 Å². The molecule has 4 heteroatoms. The zero-order valence-corrected chi connectivity index (χ0v) is 11.8. The van der Waals surface area contributed by atoms with Crippen molar-refractivity contribution in [3.05, 3.63) is 34.1 Å². The van der Waals surface area contributed by atoms with Gasteiger partial charge in [0.15, 0.2) is 0 Å². The van der Waals surface area contributed by atoms with E-state index in [9.17, 15) is 14.6 Å². The van der Waals surface area contributed by atoms with Crippen molar-refractivity contribution in [2.45, 2.75) is 50.2 Å². The van der Waals surface area contributed by atoms with E-state index in [0.717, 1.165) is 25.7 Å². The topological polar surface area (TPSA) is 40.5 Å². The van der Waals surface area contributed by atoms with Gasteiger partial charge < -0.3 is 10.2 Å². The van der Waals surface area contributed by atoms with Gasteiger partial charge >= 0.3 is 0 Å². The Bertz CT molecular complexity index is 414. The van der Waals surface area contributed by atoms with Crippen LogP contribution in [0, 0.1) is 5.82 Å². The molecule has 0 aliphatic heterocycles. The number of hydrogen-bond donors (Lipinski definition) is 2. The average molecular weight is 317 g/mol. The van der Waals surface area contributed by atoms with E-state index in [4.69, 9.17) is 0 Å². The standard InChI is InChI=1S/C14H18BrFO2/c15-10-5-6-12(16)11(9-10)13(17)14(18)7-3-1-2-4-8-14/h5-6,9,13,17-18H,1-4,7-8H2. The van der Waals surface area contributed by atoms with Gasteiger partial charge in [-0.2, -0.15) is 0 Å². The Morgan fingerprint density at radius 1 is 1.17 bits per heavy atom. The molecule has 100 valence electrons. The third-order valence-electron chi connectivity index (χ3n) is 3.73. The number of rotatable bonds is 2. The minimum absolute atomic E-state index is 0.175. The van der Waals surface area contributed by atoms with Crippen LogP contribution in [0.5, 0.6) is 0 Å². The molecule has 1 aliphatic rings. The van der Waals surface area contributed by atoms with Gasteiger partial charge in [-0.3, -0.25) is 0 Å². The van der Waals surface area contributed by atoms with Crippen LogP contribution in [-0.4, -0.2) is 15.8 Å². The Labute approximate surface area is 115 Å². The van der Waals surface area contributed by atoms with Crippen LogP contribution in [0.2, 0.25) is 0 Å². The van der Waals surface area contributed by atoms with Crippen LogP contribution < -0.4 is 0 Å². The van der Waals surface area contributed by atoms with E-state index in [1.165, 1.54) is 6.07 Å². The van der Waals surface area contributed by atoms with Gasteiger partial charge in [-0.05, 0) is 31.0 Å². The molecule has 1 saturated carbocycles. The van der Waals surface area contributed by atoms with Gasteiger partial charge in [0.1, 0.15) is 11.9 Å². The predicted molar refractivity (Wildman–Crippen MR) is 71.7 cm³/mol. The van der Waals surface area contributed by atoms with Crippen molar-refractivity contribution < 1.29 is 14.6 Å². The van der Waals surface area contributed by atoms with Crippen LogP contribution in [0.25, 0.3) is 0 Å². The molecule has 0 heterocycles. The summed E-state index contributed by atoms with van der Waals surface area (Å²) in [6.07, 6.45) is 3.78. The molecule has 0 bridgehead atoms. The minimum atomic E-state index is -1.20. The smallest absolute Gasteiger partial charge is 0.129 e. The molecule has 1 aromatic rings. The summed E-state index contributed by atoms with van der Waals surface area (Å²) in [6, 6.07) is 4.44. The molecular formula is C14H18BrFO2. The van der Waals surface area contributed by atoms with E-state index < -0.39 is 17.5 Å². The maximum absolute atomic E-state index is 13.8. The van der Waals surface area contributed by atoms with Crippen LogP contribution in [0.15, 0.2) is 22.7 Å². The Balaban J connectivity index is 2.28. The van der Waals surface area contributed by atoms with E-state index in [2.05, 4.69) is 15.9 Å². The molecule has 0 amide bonds. The Morgan fingerprint density at radius 2 is 1.78 bits per heavy atom. The number of aliphatic hydroxyl groups excluding tert-OH is 1. The zero-order valence-electron chi connectivity index (χ0n) is 10.2. The molecular weight excluding hydrogens is 299 g/mol. The molecule has 0 spiro atoms. The van der Waals surface area contributed by atoms with Gasteiger partial charge in [-0.25, -0.2) is 4.39 Å². The normalized spacial score (nSPS) is 21.3. The first kappa shape index (κ1) is 14.0. The number of halogens is 2. The lowest BCUT2D eigenvalue weighted by molar-refractivity contribution is -0.0880. The van der Waals surface area contributed by atoms with Crippen LogP contribution >= 0.6 is 15.9 Å². The largest absolute Gasteiger partial charge is 0.387 e.